The van der Waals surface area contributed by atoms with Gasteiger partial charge in [-0.25, -0.2) is 0 Å². The van der Waals surface area contributed by atoms with Crippen LogP contribution >= 0.6 is 23.2 Å². The number of rotatable bonds is 16. The van der Waals surface area contributed by atoms with Crippen LogP contribution in [0.5, 0.6) is 11.5 Å². The van der Waals surface area contributed by atoms with E-state index in [2.05, 4.69) is 0 Å². The zero-order valence-corrected chi connectivity index (χ0v) is 27.8. The summed E-state index contributed by atoms with van der Waals surface area (Å²) in [4.78, 5) is 24.9. The van der Waals surface area contributed by atoms with Gasteiger partial charge in [0.1, 0.15) is 47.4 Å². The smallest absolute Gasteiger partial charge is 0.193 e. The van der Waals surface area contributed by atoms with Crippen LogP contribution in [0.15, 0.2) is 115 Å². The SMILES string of the molecule is O=c1cc(-c2ccc(OCCOCCOCCOCCOc3ccc(-c4cc(=O)c5cc(Cl)ccc5o4)cc3)cc2)oc2ccc(Cl)cc12. The first-order valence-electron chi connectivity index (χ1n) is 15.6. The molecule has 252 valence electrons. The van der Waals surface area contributed by atoms with E-state index < -0.39 is 0 Å². The highest BCUT2D eigenvalue weighted by Crippen LogP contribution is 2.27. The Hall–Kier alpha value is -4.64. The monoisotopic (exact) mass is 702 g/mol. The first-order chi connectivity index (χ1) is 23.9. The highest BCUT2D eigenvalue weighted by molar-refractivity contribution is 6.31. The van der Waals surface area contributed by atoms with Crippen molar-refractivity contribution >= 4 is 45.1 Å². The fourth-order valence-corrected chi connectivity index (χ4v) is 5.30. The van der Waals surface area contributed by atoms with Crippen molar-refractivity contribution in [3.8, 4) is 34.1 Å². The molecule has 0 unspecified atom stereocenters. The molecule has 11 heteroatoms. The lowest BCUT2D eigenvalue weighted by molar-refractivity contribution is 0.00499. The Kier molecular flexibility index (Phi) is 11.6. The first-order valence-corrected chi connectivity index (χ1v) is 16.3. The standard InChI is InChI=1S/C38H32Cl2O9/c39-27-5-11-35-31(21-27)33(41)23-37(48-35)25-1-7-29(8-2-25)46-19-17-44-15-13-43-14-16-45-18-20-47-30-9-3-26(4-10-30)38-24-34(42)32-22-28(40)6-12-36(32)49-38/h1-12,21-24H,13-20H2. The lowest BCUT2D eigenvalue weighted by atomic mass is 10.1. The summed E-state index contributed by atoms with van der Waals surface area (Å²) in [6.45, 7) is 3.33. The van der Waals surface area contributed by atoms with E-state index in [1.165, 1.54) is 12.1 Å². The largest absolute Gasteiger partial charge is 0.491 e. The van der Waals surface area contributed by atoms with Crippen molar-refractivity contribution < 1.29 is 32.5 Å². The number of benzene rings is 4. The van der Waals surface area contributed by atoms with E-state index in [0.717, 1.165) is 11.1 Å². The van der Waals surface area contributed by atoms with Crippen molar-refractivity contribution in [3.63, 3.8) is 0 Å². The van der Waals surface area contributed by atoms with Gasteiger partial charge in [-0.15, -0.1) is 0 Å². The lowest BCUT2D eigenvalue weighted by Gasteiger charge is -2.10. The van der Waals surface area contributed by atoms with Gasteiger partial charge in [-0.1, -0.05) is 23.2 Å². The zero-order valence-electron chi connectivity index (χ0n) is 26.3. The van der Waals surface area contributed by atoms with Gasteiger partial charge in [-0.2, -0.15) is 0 Å². The molecule has 2 heterocycles. The second kappa shape index (κ2) is 16.6. The lowest BCUT2D eigenvalue weighted by Crippen LogP contribution is -2.14. The molecule has 6 rings (SSSR count). The molecule has 0 aliphatic heterocycles. The number of hydrogen-bond acceptors (Lipinski definition) is 9. The quantitative estimate of drug-likeness (QED) is 0.0926. The Morgan fingerprint density at radius 2 is 0.816 bits per heavy atom. The highest BCUT2D eigenvalue weighted by atomic mass is 35.5. The van der Waals surface area contributed by atoms with Crippen LogP contribution in [0, 0.1) is 0 Å². The Balaban J connectivity index is 0.799. The molecular formula is C38H32Cl2O9. The average molecular weight is 704 g/mol. The van der Waals surface area contributed by atoms with Gasteiger partial charge in [0, 0.05) is 33.3 Å². The Morgan fingerprint density at radius 1 is 0.449 bits per heavy atom. The molecule has 0 saturated heterocycles. The minimum atomic E-state index is -0.151. The average Bonchev–Trinajstić information content (AvgIpc) is 3.11. The van der Waals surface area contributed by atoms with Gasteiger partial charge in [-0.05, 0) is 84.9 Å². The molecule has 0 aliphatic carbocycles. The third-order valence-electron chi connectivity index (χ3n) is 7.39. The van der Waals surface area contributed by atoms with Gasteiger partial charge in [-0.3, -0.25) is 9.59 Å². The van der Waals surface area contributed by atoms with Crippen LogP contribution in [0.25, 0.3) is 44.6 Å². The maximum atomic E-state index is 12.5. The maximum Gasteiger partial charge on any atom is 0.193 e. The third kappa shape index (κ3) is 9.29. The zero-order chi connectivity index (χ0) is 34.0. The van der Waals surface area contributed by atoms with Crippen molar-refractivity contribution in [2.75, 3.05) is 52.9 Å². The molecule has 0 radical (unpaired) electrons. The molecule has 6 aromatic rings. The summed E-state index contributed by atoms with van der Waals surface area (Å²) in [5.74, 6) is 2.30. The molecule has 9 nitrogen and oxygen atoms in total. The van der Waals surface area contributed by atoms with Crippen LogP contribution in [-0.4, -0.2) is 52.9 Å². The van der Waals surface area contributed by atoms with Crippen molar-refractivity contribution in [2.24, 2.45) is 0 Å². The molecule has 0 N–H and O–H groups in total. The van der Waals surface area contributed by atoms with Crippen LogP contribution in [0.2, 0.25) is 10.0 Å². The predicted molar refractivity (Wildman–Crippen MR) is 189 cm³/mol. The van der Waals surface area contributed by atoms with E-state index in [0.29, 0.717) is 108 Å². The summed E-state index contributed by atoms with van der Waals surface area (Å²) >= 11 is 12.0. The summed E-state index contributed by atoms with van der Waals surface area (Å²) in [5.41, 5.74) is 2.19. The minimum Gasteiger partial charge on any atom is -0.491 e. The van der Waals surface area contributed by atoms with Gasteiger partial charge in [0.25, 0.3) is 0 Å². The van der Waals surface area contributed by atoms with Gasteiger partial charge in [0.05, 0.1) is 50.4 Å². The van der Waals surface area contributed by atoms with Crippen LogP contribution in [0.4, 0.5) is 0 Å². The molecule has 0 amide bonds. The van der Waals surface area contributed by atoms with Crippen molar-refractivity contribution in [1.82, 2.24) is 0 Å². The summed E-state index contributed by atoms with van der Waals surface area (Å²) in [6, 6.07) is 27.5. The normalized spacial score (nSPS) is 11.3. The van der Waals surface area contributed by atoms with E-state index in [9.17, 15) is 9.59 Å². The molecule has 0 fully saturated rings. The van der Waals surface area contributed by atoms with E-state index in [1.54, 1.807) is 36.4 Å². The molecule has 0 atom stereocenters. The topological polar surface area (TPSA) is 107 Å². The molecule has 49 heavy (non-hydrogen) atoms. The van der Waals surface area contributed by atoms with E-state index in [1.807, 2.05) is 48.5 Å². The highest BCUT2D eigenvalue weighted by Gasteiger charge is 2.10. The molecule has 0 bridgehead atoms. The van der Waals surface area contributed by atoms with Crippen LogP contribution < -0.4 is 20.3 Å². The molecular weight excluding hydrogens is 671 g/mol. The number of hydrogen-bond donors (Lipinski definition) is 0. The summed E-state index contributed by atoms with van der Waals surface area (Å²) in [5, 5.41) is 1.86. The number of halogens is 2. The second-order valence-corrected chi connectivity index (χ2v) is 11.7. The summed E-state index contributed by atoms with van der Waals surface area (Å²) in [6.07, 6.45) is 0. The maximum absolute atomic E-state index is 12.5. The van der Waals surface area contributed by atoms with Crippen LogP contribution in [0.1, 0.15) is 0 Å². The van der Waals surface area contributed by atoms with E-state index in [-0.39, 0.29) is 10.9 Å². The van der Waals surface area contributed by atoms with Crippen LogP contribution in [-0.2, 0) is 14.2 Å². The molecule has 0 spiro atoms. The summed E-state index contributed by atoms with van der Waals surface area (Å²) < 4.78 is 40.0. The fourth-order valence-electron chi connectivity index (χ4n) is 4.95. The van der Waals surface area contributed by atoms with Crippen molar-refractivity contribution in [2.45, 2.75) is 0 Å². The molecule has 2 aromatic heterocycles. The van der Waals surface area contributed by atoms with Gasteiger partial charge in [0.2, 0.25) is 0 Å². The van der Waals surface area contributed by atoms with Gasteiger partial charge >= 0.3 is 0 Å². The Bertz CT molecular complexity index is 1970. The number of fused-ring (bicyclic) bond motifs is 2. The minimum absolute atomic E-state index is 0.151. The fraction of sp³-hybridized carbons (Fsp3) is 0.211. The van der Waals surface area contributed by atoms with E-state index in [4.69, 9.17) is 55.7 Å². The van der Waals surface area contributed by atoms with E-state index >= 15 is 0 Å². The third-order valence-corrected chi connectivity index (χ3v) is 7.86. The van der Waals surface area contributed by atoms with Crippen LogP contribution in [0.3, 0.4) is 0 Å². The molecule has 4 aromatic carbocycles. The second-order valence-electron chi connectivity index (χ2n) is 10.8. The first kappa shape index (κ1) is 34.2. The Morgan fingerprint density at radius 3 is 1.20 bits per heavy atom. The van der Waals surface area contributed by atoms with Crippen molar-refractivity contribution in [1.29, 1.82) is 0 Å². The predicted octanol–water partition coefficient (Wildman–Crippen LogP) is 8.05. The van der Waals surface area contributed by atoms with Gasteiger partial charge in [0.15, 0.2) is 10.9 Å². The number of ether oxygens (including phenoxy) is 5. The molecule has 0 aliphatic rings. The summed E-state index contributed by atoms with van der Waals surface area (Å²) in [7, 11) is 0. The van der Waals surface area contributed by atoms with Gasteiger partial charge < -0.3 is 32.5 Å². The molecule has 0 saturated carbocycles. The Labute approximate surface area is 291 Å². The van der Waals surface area contributed by atoms with Crippen molar-refractivity contribution in [3.05, 3.63) is 128 Å².